The number of hydrogen-bond donors (Lipinski definition) is 2. The molecule has 1 saturated heterocycles. The predicted molar refractivity (Wildman–Crippen MR) is 78.7 cm³/mol. The number of rotatable bonds is 3. The van der Waals surface area contributed by atoms with Gasteiger partial charge in [-0.3, -0.25) is 4.79 Å². The van der Waals surface area contributed by atoms with Gasteiger partial charge in [0.1, 0.15) is 5.92 Å². The number of aliphatic carboxylic acids is 1. The molecule has 7 heteroatoms. The molecule has 2 rings (SSSR count). The number of carboxylic acid groups (broad SMARTS) is 1. The van der Waals surface area contributed by atoms with Gasteiger partial charge in [0.25, 0.3) is 0 Å². The second-order valence-corrected chi connectivity index (χ2v) is 5.46. The summed E-state index contributed by atoms with van der Waals surface area (Å²) in [6.45, 7) is 2.21. The molecule has 1 aliphatic heterocycles. The molecule has 6 nitrogen and oxygen atoms in total. The highest BCUT2D eigenvalue weighted by Gasteiger charge is 2.38. The first kappa shape index (κ1) is 15.6. The van der Waals surface area contributed by atoms with Crippen molar-refractivity contribution in [2.24, 2.45) is 5.92 Å². The number of carboxylic acids is 1. The molecule has 0 spiro atoms. The number of halogens is 1. The molecule has 0 aromatic heterocycles. The maximum atomic E-state index is 12.2. The van der Waals surface area contributed by atoms with E-state index in [-0.39, 0.29) is 13.2 Å². The fourth-order valence-electron chi connectivity index (χ4n) is 2.19. The van der Waals surface area contributed by atoms with Crippen LogP contribution in [0.2, 0.25) is 5.02 Å². The van der Waals surface area contributed by atoms with Crippen LogP contribution in [0.1, 0.15) is 5.56 Å². The molecule has 21 heavy (non-hydrogen) atoms. The van der Waals surface area contributed by atoms with E-state index in [1.54, 1.807) is 25.2 Å². The van der Waals surface area contributed by atoms with Crippen LogP contribution in [0.15, 0.2) is 18.2 Å². The van der Waals surface area contributed by atoms with Crippen LogP contribution in [-0.4, -0.2) is 48.3 Å². The molecule has 2 amide bonds. The highest BCUT2D eigenvalue weighted by molar-refractivity contribution is 6.31. The van der Waals surface area contributed by atoms with Gasteiger partial charge in [-0.1, -0.05) is 17.7 Å². The summed E-state index contributed by atoms with van der Waals surface area (Å²) in [5.74, 6) is -1.67. The second-order valence-electron chi connectivity index (χ2n) is 5.05. The number of amides is 2. The van der Waals surface area contributed by atoms with E-state index in [0.29, 0.717) is 10.7 Å². The molecule has 1 aliphatic rings. The minimum atomic E-state index is -0.962. The van der Waals surface area contributed by atoms with Crippen LogP contribution < -0.4 is 5.32 Å². The summed E-state index contributed by atoms with van der Waals surface area (Å²) < 4.78 is 5.16. The maximum Gasteiger partial charge on any atom is 0.321 e. The Hall–Kier alpha value is -1.79. The SMILES string of the molecule is Cc1ccc(NC(=O)N(C)C2COCC2C(=O)O)cc1Cl. The molecule has 2 N–H and O–H groups in total. The van der Waals surface area contributed by atoms with Crippen molar-refractivity contribution >= 4 is 29.3 Å². The molecule has 0 radical (unpaired) electrons. The third-order valence-corrected chi connectivity index (χ3v) is 4.02. The molecule has 1 aromatic rings. The number of carbonyl (C=O) groups is 2. The number of aryl methyl sites for hydroxylation is 1. The van der Waals surface area contributed by atoms with E-state index in [1.807, 2.05) is 6.92 Å². The standard InChI is InChI=1S/C14H17ClN2O4/c1-8-3-4-9(5-11(8)15)16-14(20)17(2)12-7-21-6-10(12)13(18)19/h3-5,10,12H,6-7H2,1-2H3,(H,16,20)(H,18,19). The van der Waals surface area contributed by atoms with Gasteiger partial charge in [-0.2, -0.15) is 0 Å². The lowest BCUT2D eigenvalue weighted by atomic mass is 10.0. The lowest BCUT2D eigenvalue weighted by Gasteiger charge is -2.26. The number of anilines is 1. The van der Waals surface area contributed by atoms with E-state index in [2.05, 4.69) is 5.32 Å². The van der Waals surface area contributed by atoms with Gasteiger partial charge >= 0.3 is 12.0 Å². The fraction of sp³-hybridized carbons (Fsp3) is 0.429. The van der Waals surface area contributed by atoms with E-state index >= 15 is 0 Å². The van der Waals surface area contributed by atoms with Crippen molar-refractivity contribution in [3.05, 3.63) is 28.8 Å². The second kappa shape index (κ2) is 6.32. The Balaban J connectivity index is 2.05. The Kier molecular flexibility index (Phi) is 4.69. The third-order valence-electron chi connectivity index (χ3n) is 3.61. The van der Waals surface area contributed by atoms with E-state index in [9.17, 15) is 9.59 Å². The molecule has 2 atom stereocenters. The first-order valence-electron chi connectivity index (χ1n) is 6.50. The van der Waals surface area contributed by atoms with Gasteiger partial charge < -0.3 is 20.1 Å². The van der Waals surface area contributed by atoms with Gasteiger partial charge in [0.2, 0.25) is 0 Å². The normalized spacial score (nSPS) is 21.1. The zero-order valence-corrected chi connectivity index (χ0v) is 12.6. The summed E-state index contributed by atoms with van der Waals surface area (Å²) >= 11 is 6.01. The van der Waals surface area contributed by atoms with Crippen LogP contribution in [0.5, 0.6) is 0 Å². The number of urea groups is 1. The van der Waals surface area contributed by atoms with Crippen LogP contribution in [0.3, 0.4) is 0 Å². The smallest absolute Gasteiger partial charge is 0.321 e. The van der Waals surface area contributed by atoms with Crippen LogP contribution in [0.4, 0.5) is 10.5 Å². The van der Waals surface area contributed by atoms with E-state index < -0.39 is 24.0 Å². The first-order chi connectivity index (χ1) is 9.90. The van der Waals surface area contributed by atoms with E-state index in [0.717, 1.165) is 5.56 Å². The van der Waals surface area contributed by atoms with Gasteiger partial charge in [-0.25, -0.2) is 4.79 Å². The Morgan fingerprint density at radius 1 is 1.43 bits per heavy atom. The summed E-state index contributed by atoms with van der Waals surface area (Å²) in [4.78, 5) is 24.7. The molecule has 114 valence electrons. The summed E-state index contributed by atoms with van der Waals surface area (Å²) in [7, 11) is 1.56. The largest absolute Gasteiger partial charge is 0.481 e. The quantitative estimate of drug-likeness (QED) is 0.897. The van der Waals surface area contributed by atoms with Crippen LogP contribution in [0.25, 0.3) is 0 Å². The van der Waals surface area contributed by atoms with Crippen molar-refractivity contribution in [2.45, 2.75) is 13.0 Å². The molecule has 2 unspecified atom stereocenters. The topological polar surface area (TPSA) is 78.9 Å². The molecule has 0 bridgehead atoms. The summed E-state index contributed by atoms with van der Waals surface area (Å²) in [5, 5.41) is 12.4. The number of ether oxygens (including phenoxy) is 1. The lowest BCUT2D eigenvalue weighted by molar-refractivity contribution is -0.142. The van der Waals surface area contributed by atoms with Gasteiger partial charge in [-0.05, 0) is 24.6 Å². The lowest BCUT2D eigenvalue weighted by Crippen LogP contribution is -2.45. The average molecular weight is 313 g/mol. The zero-order chi connectivity index (χ0) is 15.6. The average Bonchev–Trinajstić information content (AvgIpc) is 2.91. The molecule has 1 aromatic carbocycles. The van der Waals surface area contributed by atoms with Crippen LogP contribution in [0, 0.1) is 12.8 Å². The van der Waals surface area contributed by atoms with Crippen molar-refractivity contribution in [1.29, 1.82) is 0 Å². The summed E-state index contributed by atoms with van der Waals surface area (Å²) in [6, 6.07) is 4.33. The third kappa shape index (κ3) is 3.46. The van der Waals surface area contributed by atoms with E-state index in [1.165, 1.54) is 4.90 Å². The Morgan fingerprint density at radius 3 is 2.76 bits per heavy atom. The number of nitrogens with zero attached hydrogens (tertiary/aromatic N) is 1. The molecule has 1 fully saturated rings. The van der Waals surface area contributed by atoms with Crippen LogP contribution in [-0.2, 0) is 9.53 Å². The highest BCUT2D eigenvalue weighted by Crippen LogP contribution is 2.22. The minimum Gasteiger partial charge on any atom is -0.481 e. The van der Waals surface area contributed by atoms with Gasteiger partial charge in [0, 0.05) is 17.8 Å². The van der Waals surface area contributed by atoms with Gasteiger partial charge in [-0.15, -0.1) is 0 Å². The molecular formula is C14H17ClN2O4. The van der Waals surface area contributed by atoms with E-state index in [4.69, 9.17) is 21.4 Å². The highest BCUT2D eigenvalue weighted by atomic mass is 35.5. The Morgan fingerprint density at radius 2 is 2.14 bits per heavy atom. The van der Waals surface area contributed by atoms with Crippen molar-refractivity contribution in [2.75, 3.05) is 25.6 Å². The maximum absolute atomic E-state index is 12.2. The monoisotopic (exact) mass is 312 g/mol. The predicted octanol–water partition coefficient (Wildman–Crippen LogP) is 2.21. The Bertz CT molecular complexity index is 564. The summed E-state index contributed by atoms with van der Waals surface area (Å²) in [6.07, 6.45) is 0. The van der Waals surface area contributed by atoms with Gasteiger partial charge in [0.15, 0.2) is 0 Å². The zero-order valence-electron chi connectivity index (χ0n) is 11.8. The first-order valence-corrected chi connectivity index (χ1v) is 6.88. The summed E-state index contributed by atoms with van der Waals surface area (Å²) in [5.41, 5.74) is 1.48. The van der Waals surface area contributed by atoms with Crippen molar-refractivity contribution in [3.63, 3.8) is 0 Å². The van der Waals surface area contributed by atoms with Crippen molar-refractivity contribution in [1.82, 2.24) is 4.90 Å². The fourth-order valence-corrected chi connectivity index (χ4v) is 2.37. The number of hydrogen-bond acceptors (Lipinski definition) is 3. The number of benzene rings is 1. The Labute approximate surface area is 127 Å². The molecular weight excluding hydrogens is 296 g/mol. The number of nitrogens with one attached hydrogen (secondary N) is 1. The van der Waals surface area contributed by atoms with Gasteiger partial charge in [0.05, 0.1) is 19.3 Å². The molecule has 0 saturated carbocycles. The molecule has 1 heterocycles. The number of carbonyl (C=O) groups excluding carboxylic acids is 1. The molecule has 0 aliphatic carbocycles. The van der Waals surface area contributed by atoms with Crippen molar-refractivity contribution < 1.29 is 19.4 Å². The van der Waals surface area contributed by atoms with Crippen molar-refractivity contribution in [3.8, 4) is 0 Å². The minimum absolute atomic E-state index is 0.119. The number of likely N-dealkylation sites (N-methyl/N-ethyl adjacent to an activating group) is 1. The van der Waals surface area contributed by atoms with Crippen LogP contribution >= 0.6 is 11.6 Å².